The van der Waals surface area contributed by atoms with Crippen LogP contribution < -0.4 is 4.90 Å². The van der Waals surface area contributed by atoms with Gasteiger partial charge in [0, 0.05) is 24.3 Å². The number of ketones is 1. The third kappa shape index (κ3) is 3.18. The molecule has 2 aromatic carbocycles. The molecule has 0 bridgehead atoms. The molecule has 124 valence electrons. The minimum Gasteiger partial charge on any atom is -0.469 e. The molecule has 2 atom stereocenters. The van der Waals surface area contributed by atoms with Gasteiger partial charge in [0.1, 0.15) is 0 Å². The van der Waals surface area contributed by atoms with Crippen LogP contribution in [0, 0.1) is 18.8 Å². The number of Topliss-reactive ketones (excluding diaryl/α,β-unsaturated/α-hetero) is 1. The number of benzene rings is 2. The van der Waals surface area contributed by atoms with Crippen LogP contribution in [0.15, 0.2) is 54.6 Å². The zero-order valence-corrected chi connectivity index (χ0v) is 13.9. The highest BCUT2D eigenvalue weighted by Crippen LogP contribution is 2.31. The maximum Gasteiger partial charge on any atom is 0.311 e. The number of aryl methyl sites for hydroxylation is 1. The molecule has 0 radical (unpaired) electrons. The number of ether oxygens (including phenoxy) is 1. The fourth-order valence-corrected chi connectivity index (χ4v) is 3.24. The first-order valence-electron chi connectivity index (χ1n) is 8.09. The Morgan fingerprint density at radius 3 is 2.21 bits per heavy atom. The monoisotopic (exact) mass is 323 g/mol. The largest absolute Gasteiger partial charge is 0.469 e. The molecule has 4 nitrogen and oxygen atoms in total. The van der Waals surface area contributed by atoms with Gasteiger partial charge in [0.2, 0.25) is 0 Å². The van der Waals surface area contributed by atoms with E-state index in [4.69, 9.17) is 4.74 Å². The number of hydrogen-bond donors (Lipinski definition) is 0. The van der Waals surface area contributed by atoms with E-state index in [1.165, 1.54) is 7.11 Å². The summed E-state index contributed by atoms with van der Waals surface area (Å²) in [4.78, 5) is 27.2. The number of carbonyl (C=O) groups excluding carboxylic acids is 2. The van der Waals surface area contributed by atoms with E-state index in [1.807, 2.05) is 61.5 Å². The van der Waals surface area contributed by atoms with Gasteiger partial charge in [-0.15, -0.1) is 0 Å². The molecule has 24 heavy (non-hydrogen) atoms. The number of para-hydroxylation sites is 1. The highest BCUT2D eigenvalue weighted by atomic mass is 16.5. The number of methoxy groups -OCH3 is 1. The molecule has 2 unspecified atom stereocenters. The van der Waals surface area contributed by atoms with Gasteiger partial charge in [-0.2, -0.15) is 0 Å². The van der Waals surface area contributed by atoms with E-state index in [0.717, 1.165) is 11.3 Å². The predicted octanol–water partition coefficient (Wildman–Crippen LogP) is 3.10. The average Bonchev–Trinajstić information content (AvgIpc) is 3.07. The minimum absolute atomic E-state index is 0.00355. The molecule has 4 heteroatoms. The van der Waals surface area contributed by atoms with Gasteiger partial charge in [0.25, 0.3) is 0 Å². The molecule has 1 aliphatic rings. The zero-order chi connectivity index (χ0) is 17.1. The average molecular weight is 323 g/mol. The van der Waals surface area contributed by atoms with Crippen LogP contribution in [0.5, 0.6) is 0 Å². The fourth-order valence-electron chi connectivity index (χ4n) is 3.24. The van der Waals surface area contributed by atoms with E-state index in [-0.39, 0.29) is 17.7 Å². The molecule has 0 N–H and O–H groups in total. The van der Waals surface area contributed by atoms with Crippen LogP contribution in [-0.4, -0.2) is 32.0 Å². The maximum atomic E-state index is 12.9. The molecule has 0 aromatic heterocycles. The Morgan fingerprint density at radius 2 is 1.58 bits per heavy atom. The van der Waals surface area contributed by atoms with Crippen molar-refractivity contribution in [2.75, 3.05) is 25.1 Å². The van der Waals surface area contributed by atoms with Crippen molar-refractivity contribution in [2.45, 2.75) is 6.92 Å². The summed E-state index contributed by atoms with van der Waals surface area (Å²) in [6.07, 6.45) is 0. The van der Waals surface area contributed by atoms with E-state index in [0.29, 0.717) is 18.7 Å². The van der Waals surface area contributed by atoms with Crippen molar-refractivity contribution in [2.24, 2.45) is 11.8 Å². The van der Waals surface area contributed by atoms with E-state index in [2.05, 4.69) is 4.90 Å². The normalized spacial score (nSPS) is 20.0. The molecule has 1 heterocycles. The standard InChI is InChI=1S/C20H21NO3/c1-14-8-10-15(11-9-14)19(22)17-12-21(13-18(17)20(23)24-2)16-6-4-3-5-7-16/h3-11,17-18H,12-13H2,1-2H3. The molecule has 3 rings (SSSR count). The summed E-state index contributed by atoms with van der Waals surface area (Å²) in [6, 6.07) is 17.4. The Kier molecular flexibility index (Phi) is 4.65. The number of rotatable bonds is 4. The Labute approximate surface area is 142 Å². The number of hydrogen-bond acceptors (Lipinski definition) is 4. The molecule has 1 saturated heterocycles. The molecular weight excluding hydrogens is 302 g/mol. The Bertz CT molecular complexity index is 724. The molecule has 1 aliphatic heterocycles. The van der Waals surface area contributed by atoms with E-state index < -0.39 is 5.92 Å². The Hall–Kier alpha value is -2.62. The van der Waals surface area contributed by atoms with E-state index in [9.17, 15) is 9.59 Å². The quantitative estimate of drug-likeness (QED) is 0.641. The Balaban J connectivity index is 1.87. The van der Waals surface area contributed by atoms with Crippen LogP contribution in [0.1, 0.15) is 15.9 Å². The molecule has 0 spiro atoms. The van der Waals surface area contributed by atoms with E-state index >= 15 is 0 Å². The van der Waals surface area contributed by atoms with Crippen LogP contribution in [-0.2, 0) is 9.53 Å². The minimum atomic E-state index is -0.441. The summed E-state index contributed by atoms with van der Waals surface area (Å²) in [6.45, 7) is 3.01. The lowest BCUT2D eigenvalue weighted by molar-refractivity contribution is -0.145. The van der Waals surface area contributed by atoms with Gasteiger partial charge in [-0.25, -0.2) is 0 Å². The fraction of sp³-hybridized carbons (Fsp3) is 0.300. The summed E-state index contributed by atoms with van der Waals surface area (Å²) in [5, 5.41) is 0. The molecule has 2 aromatic rings. The molecule has 1 fully saturated rings. The number of anilines is 1. The summed E-state index contributed by atoms with van der Waals surface area (Å²) in [7, 11) is 1.38. The first-order chi connectivity index (χ1) is 11.6. The van der Waals surface area contributed by atoms with Crippen molar-refractivity contribution in [1.82, 2.24) is 0 Å². The summed E-state index contributed by atoms with van der Waals surface area (Å²) >= 11 is 0. The third-order valence-electron chi connectivity index (χ3n) is 4.62. The van der Waals surface area contributed by atoms with Gasteiger partial charge in [-0.1, -0.05) is 48.0 Å². The maximum absolute atomic E-state index is 12.9. The molecule has 0 saturated carbocycles. The second-order valence-corrected chi connectivity index (χ2v) is 6.21. The van der Waals surface area contributed by atoms with Crippen LogP contribution in [0.3, 0.4) is 0 Å². The number of esters is 1. The van der Waals surface area contributed by atoms with Crippen molar-refractivity contribution >= 4 is 17.4 Å². The van der Waals surface area contributed by atoms with Gasteiger partial charge < -0.3 is 9.64 Å². The van der Waals surface area contributed by atoms with Crippen LogP contribution in [0.2, 0.25) is 0 Å². The molecular formula is C20H21NO3. The van der Waals surface area contributed by atoms with Crippen molar-refractivity contribution in [3.05, 3.63) is 65.7 Å². The van der Waals surface area contributed by atoms with Crippen LogP contribution in [0.25, 0.3) is 0 Å². The lowest BCUT2D eigenvalue weighted by Gasteiger charge is -2.18. The lowest BCUT2D eigenvalue weighted by Crippen LogP contribution is -2.29. The van der Waals surface area contributed by atoms with Gasteiger partial charge in [0.15, 0.2) is 5.78 Å². The van der Waals surface area contributed by atoms with Gasteiger partial charge in [-0.3, -0.25) is 9.59 Å². The summed E-state index contributed by atoms with van der Waals surface area (Å²) in [5.74, 6) is -1.15. The first kappa shape index (κ1) is 16.2. The predicted molar refractivity (Wildman–Crippen MR) is 93.2 cm³/mol. The number of carbonyl (C=O) groups is 2. The highest BCUT2D eigenvalue weighted by Gasteiger charge is 2.42. The summed E-state index contributed by atoms with van der Waals surface area (Å²) < 4.78 is 4.94. The topological polar surface area (TPSA) is 46.6 Å². The smallest absolute Gasteiger partial charge is 0.311 e. The van der Waals surface area contributed by atoms with Crippen LogP contribution >= 0.6 is 0 Å². The van der Waals surface area contributed by atoms with Gasteiger partial charge in [0.05, 0.1) is 18.9 Å². The first-order valence-corrected chi connectivity index (χ1v) is 8.09. The highest BCUT2D eigenvalue weighted by molar-refractivity contribution is 6.01. The second-order valence-electron chi connectivity index (χ2n) is 6.21. The second kappa shape index (κ2) is 6.87. The van der Waals surface area contributed by atoms with Crippen LogP contribution in [0.4, 0.5) is 5.69 Å². The Morgan fingerprint density at radius 1 is 0.958 bits per heavy atom. The number of nitrogens with zero attached hydrogens (tertiary/aromatic N) is 1. The summed E-state index contributed by atoms with van der Waals surface area (Å²) in [5.41, 5.74) is 2.77. The molecule has 0 amide bonds. The van der Waals surface area contributed by atoms with Crippen molar-refractivity contribution in [3.8, 4) is 0 Å². The van der Waals surface area contributed by atoms with Crippen molar-refractivity contribution < 1.29 is 14.3 Å². The van der Waals surface area contributed by atoms with Gasteiger partial charge in [-0.05, 0) is 19.1 Å². The SMILES string of the molecule is COC(=O)C1CN(c2ccccc2)CC1C(=O)c1ccc(C)cc1. The third-order valence-corrected chi connectivity index (χ3v) is 4.62. The van der Waals surface area contributed by atoms with Crippen molar-refractivity contribution in [3.63, 3.8) is 0 Å². The van der Waals surface area contributed by atoms with Crippen molar-refractivity contribution in [1.29, 1.82) is 0 Å². The lowest BCUT2D eigenvalue weighted by atomic mass is 9.88. The van der Waals surface area contributed by atoms with E-state index in [1.54, 1.807) is 0 Å². The molecule has 0 aliphatic carbocycles. The van der Waals surface area contributed by atoms with Gasteiger partial charge >= 0.3 is 5.97 Å². The zero-order valence-electron chi connectivity index (χ0n) is 13.9.